The average molecular weight is 1090 g/mol. The third kappa shape index (κ3) is 14.9. The number of hydrogen-bond donors (Lipinski definition) is 1. The molecule has 4 aliphatic carbocycles. The van der Waals surface area contributed by atoms with Crippen molar-refractivity contribution in [2.75, 3.05) is 65.9 Å². The zero-order valence-electron chi connectivity index (χ0n) is 49.9. The molecule has 432 valence electrons. The summed E-state index contributed by atoms with van der Waals surface area (Å²) in [5.74, 6) is 7.78. The standard InChI is InChI=1S/C27H34N2O2.C26H32N2O.C19H29NO/c1-18(30)28-24-8-5-20(6-9-24)22-7-10-27(31-2)25(17-22)21-11-13-29(14-12-21)26-16-19-3-4-23(26)15-19;1-29-26-12-11-23(21-9-7-20(8-10-21)13-16-27)19-25(26)22-14-17-28(18-15-22)24-5-3-2-4-6-24;1-15-6-5-7-17(14-15)20-12-10-16(11-13-20)18-8-3-4-9-19(18)21-2/h5-10,17,19,21,23,26H,3-4,11-16H2,1-2H3,(H,28,30);7-12,19,22,24H,2-6,13-15,17-18H2,1H3;3-4,8-9,15-17H,5-7,10-14H2,1-2H3/t19-,23?,26-;;/m0../s1. The predicted molar refractivity (Wildman–Crippen MR) is 332 cm³/mol. The van der Waals surface area contributed by atoms with Gasteiger partial charge in [-0.3, -0.25) is 4.79 Å². The number of para-hydroxylation sites is 1. The Morgan fingerprint density at radius 1 is 0.519 bits per heavy atom. The van der Waals surface area contributed by atoms with E-state index in [-0.39, 0.29) is 5.91 Å². The summed E-state index contributed by atoms with van der Waals surface area (Å²) in [4.78, 5) is 19.6. The van der Waals surface area contributed by atoms with E-state index in [1.165, 1.54) is 202 Å². The maximum atomic E-state index is 11.3. The highest BCUT2D eigenvalue weighted by Gasteiger charge is 2.43. The minimum Gasteiger partial charge on any atom is -0.496 e. The van der Waals surface area contributed by atoms with Gasteiger partial charge in [0.25, 0.3) is 0 Å². The van der Waals surface area contributed by atoms with Crippen molar-refractivity contribution in [1.82, 2.24) is 14.7 Å². The van der Waals surface area contributed by atoms with Gasteiger partial charge in [-0.25, -0.2) is 0 Å². The average Bonchev–Trinajstić information content (AvgIpc) is 4.18. The highest BCUT2D eigenvalue weighted by atomic mass is 16.5. The molecule has 3 aliphatic heterocycles. The normalized spacial score (nSPS) is 24.2. The maximum absolute atomic E-state index is 11.3. The SMILES string of the molecule is COc1ccc(-c2ccc(CC#N)cc2)cc1C1CCN(C2CCCCC2)CC1.COc1ccc(-c2ccc(NC(C)=O)cc2)cc1C1CCN([C@H]2C[C@H]3CCC2C3)CC1.COc1ccccc1C1CCN(C2CCCC(C)C2)CC1. The van der Waals surface area contributed by atoms with Crippen LogP contribution in [0.3, 0.4) is 0 Å². The molecular weight excluding hydrogens is 999 g/mol. The van der Waals surface area contributed by atoms with Gasteiger partial charge in [-0.05, 0) is 245 Å². The first-order valence-corrected chi connectivity index (χ1v) is 31.7. The fraction of sp³-hybridized carbons (Fsp3) is 0.556. The lowest BCUT2D eigenvalue weighted by Crippen LogP contribution is -2.43. The molecule has 1 amide bonds. The van der Waals surface area contributed by atoms with Crippen LogP contribution in [0.25, 0.3) is 22.3 Å². The van der Waals surface area contributed by atoms with Crippen LogP contribution in [-0.2, 0) is 11.2 Å². The number of carbonyl (C=O) groups is 1. The predicted octanol–water partition coefficient (Wildman–Crippen LogP) is 16.1. The van der Waals surface area contributed by atoms with Gasteiger partial charge in [0.1, 0.15) is 17.2 Å². The minimum absolute atomic E-state index is 0.0451. The summed E-state index contributed by atoms with van der Waals surface area (Å²) in [6.45, 7) is 11.4. The van der Waals surface area contributed by atoms with Crippen molar-refractivity contribution in [3.05, 3.63) is 131 Å². The van der Waals surface area contributed by atoms with Gasteiger partial charge in [0.15, 0.2) is 0 Å². The number of ether oxygens (including phenoxy) is 3. The molecule has 3 heterocycles. The van der Waals surface area contributed by atoms with Crippen LogP contribution in [0.1, 0.15) is 176 Å². The van der Waals surface area contributed by atoms with Crippen molar-refractivity contribution >= 4 is 11.6 Å². The number of likely N-dealkylation sites (tertiary alicyclic amines) is 3. The van der Waals surface area contributed by atoms with Gasteiger partial charge in [-0.1, -0.05) is 112 Å². The summed E-state index contributed by atoms with van der Waals surface area (Å²) in [6.07, 6.45) is 26.5. The number of nitrogens with zero attached hydrogens (tertiary/aromatic N) is 4. The number of carbonyl (C=O) groups excluding carboxylic acids is 1. The van der Waals surface area contributed by atoms with E-state index in [0.717, 1.165) is 69.9 Å². The number of nitrogens with one attached hydrogen (secondary N) is 1. The first-order valence-electron chi connectivity index (χ1n) is 31.7. The van der Waals surface area contributed by atoms with Crippen LogP contribution >= 0.6 is 0 Å². The second kappa shape index (κ2) is 28.6. The molecule has 5 atom stereocenters. The zero-order valence-corrected chi connectivity index (χ0v) is 49.9. The van der Waals surface area contributed by atoms with Crippen LogP contribution in [0.2, 0.25) is 0 Å². The maximum Gasteiger partial charge on any atom is 0.221 e. The van der Waals surface area contributed by atoms with Gasteiger partial charge in [0.05, 0.1) is 33.8 Å². The molecule has 7 fully saturated rings. The van der Waals surface area contributed by atoms with Gasteiger partial charge in [0, 0.05) is 30.7 Å². The summed E-state index contributed by atoms with van der Waals surface area (Å²) in [5.41, 5.74) is 10.8. The van der Waals surface area contributed by atoms with Crippen molar-refractivity contribution < 1.29 is 19.0 Å². The van der Waals surface area contributed by atoms with Crippen molar-refractivity contribution in [3.63, 3.8) is 0 Å². The van der Waals surface area contributed by atoms with Crippen LogP contribution in [-0.4, -0.2) is 99.3 Å². The smallest absolute Gasteiger partial charge is 0.221 e. The first-order chi connectivity index (χ1) is 39.7. The van der Waals surface area contributed by atoms with Gasteiger partial charge in [-0.15, -0.1) is 0 Å². The molecule has 5 aromatic carbocycles. The Morgan fingerprint density at radius 3 is 1.54 bits per heavy atom. The fourth-order valence-electron chi connectivity index (χ4n) is 15.9. The molecule has 9 heteroatoms. The van der Waals surface area contributed by atoms with E-state index in [9.17, 15) is 4.79 Å². The monoisotopic (exact) mass is 1090 g/mol. The molecule has 5 aromatic rings. The Labute approximate surface area is 487 Å². The van der Waals surface area contributed by atoms with Gasteiger partial charge in [0.2, 0.25) is 5.91 Å². The summed E-state index contributed by atoms with van der Waals surface area (Å²) in [7, 11) is 5.36. The van der Waals surface area contributed by atoms with E-state index < -0.39 is 0 Å². The van der Waals surface area contributed by atoms with Crippen molar-refractivity contribution in [2.45, 2.75) is 178 Å². The molecule has 12 rings (SSSR count). The third-order valence-corrected chi connectivity index (χ3v) is 20.3. The number of methoxy groups -OCH3 is 3. The molecule has 9 nitrogen and oxygen atoms in total. The van der Waals surface area contributed by atoms with Crippen LogP contribution in [0.15, 0.2) is 109 Å². The number of anilines is 1. The summed E-state index contributed by atoms with van der Waals surface area (Å²) in [5, 5.41) is 11.7. The van der Waals surface area contributed by atoms with Crippen LogP contribution in [0.5, 0.6) is 17.2 Å². The molecule has 7 aliphatic rings. The van der Waals surface area contributed by atoms with Crippen LogP contribution < -0.4 is 19.5 Å². The number of hydrogen-bond acceptors (Lipinski definition) is 8. The van der Waals surface area contributed by atoms with Gasteiger partial charge < -0.3 is 34.2 Å². The number of amides is 1. The molecule has 81 heavy (non-hydrogen) atoms. The van der Waals surface area contributed by atoms with E-state index >= 15 is 0 Å². The lowest BCUT2D eigenvalue weighted by Gasteiger charge is -2.41. The Bertz CT molecular complexity index is 2810. The Balaban J connectivity index is 0.000000139. The molecule has 0 radical (unpaired) electrons. The molecule has 1 N–H and O–H groups in total. The number of nitriles is 1. The molecule has 3 unspecified atom stereocenters. The quantitative estimate of drug-likeness (QED) is 0.125. The molecule has 2 bridgehead atoms. The van der Waals surface area contributed by atoms with Crippen molar-refractivity contribution in [1.29, 1.82) is 5.26 Å². The lowest BCUT2D eigenvalue weighted by atomic mass is 9.83. The summed E-state index contributed by atoms with van der Waals surface area (Å²) in [6, 6.07) is 43.0. The molecule has 0 aromatic heterocycles. The van der Waals surface area contributed by atoms with E-state index in [1.54, 1.807) is 21.3 Å². The molecule has 3 saturated heterocycles. The van der Waals surface area contributed by atoms with Crippen molar-refractivity contribution in [3.8, 4) is 45.6 Å². The highest BCUT2D eigenvalue weighted by molar-refractivity contribution is 5.89. The lowest BCUT2D eigenvalue weighted by molar-refractivity contribution is -0.114. The molecular formula is C72H95N5O4. The first kappa shape index (κ1) is 58.5. The second-order valence-corrected chi connectivity index (χ2v) is 25.3. The number of piperidine rings is 3. The van der Waals surface area contributed by atoms with E-state index in [2.05, 4.69) is 130 Å². The minimum atomic E-state index is -0.0451. The highest BCUT2D eigenvalue weighted by Crippen LogP contribution is 2.48. The largest absolute Gasteiger partial charge is 0.496 e. The topological polar surface area (TPSA) is 90.3 Å². The van der Waals surface area contributed by atoms with Crippen molar-refractivity contribution in [2.24, 2.45) is 17.8 Å². The summed E-state index contributed by atoms with van der Waals surface area (Å²) < 4.78 is 17.0. The van der Waals surface area contributed by atoms with Crippen LogP contribution in [0.4, 0.5) is 5.69 Å². The Morgan fingerprint density at radius 2 is 1.02 bits per heavy atom. The number of benzene rings is 5. The van der Waals surface area contributed by atoms with Gasteiger partial charge in [-0.2, -0.15) is 5.26 Å². The Kier molecular flexibility index (Phi) is 20.6. The molecule has 0 spiro atoms. The van der Waals surface area contributed by atoms with Crippen LogP contribution in [0, 0.1) is 29.1 Å². The number of fused-ring (bicyclic) bond motifs is 2. The van der Waals surface area contributed by atoms with Gasteiger partial charge >= 0.3 is 0 Å². The van der Waals surface area contributed by atoms with E-state index in [1.807, 2.05) is 12.1 Å². The third-order valence-electron chi connectivity index (χ3n) is 20.3. The summed E-state index contributed by atoms with van der Waals surface area (Å²) >= 11 is 0. The Hall–Kier alpha value is -5.66. The van der Waals surface area contributed by atoms with E-state index in [4.69, 9.17) is 19.5 Å². The van der Waals surface area contributed by atoms with E-state index in [0.29, 0.717) is 24.2 Å². The molecule has 4 saturated carbocycles. The second-order valence-electron chi connectivity index (χ2n) is 25.3. The zero-order chi connectivity index (χ0) is 56.1. The number of rotatable bonds is 13. The fourth-order valence-corrected chi connectivity index (χ4v) is 15.9.